The highest BCUT2D eigenvalue weighted by Crippen LogP contribution is 2.36. The minimum Gasteiger partial charge on any atom is -0.481 e. The van der Waals surface area contributed by atoms with Crippen LogP contribution in [0.3, 0.4) is 0 Å². The number of sulfone groups is 1. The molecule has 5 nitrogen and oxygen atoms in total. The van der Waals surface area contributed by atoms with E-state index in [2.05, 4.69) is 4.98 Å². The molecular weight excluding hydrogens is 261 g/mol. The molecule has 0 bridgehead atoms. The summed E-state index contributed by atoms with van der Waals surface area (Å²) in [4.78, 5) is 15.0. The topological polar surface area (TPSA) is 84.3 Å². The fourth-order valence-electron chi connectivity index (χ4n) is 2.24. The second-order valence-corrected chi connectivity index (χ2v) is 6.80. The van der Waals surface area contributed by atoms with Gasteiger partial charge in [-0.15, -0.1) is 0 Å². The van der Waals surface area contributed by atoms with Gasteiger partial charge in [-0.05, 0) is 24.5 Å². The molecule has 1 fully saturated rings. The van der Waals surface area contributed by atoms with Gasteiger partial charge in [0.15, 0.2) is 9.84 Å². The predicted molar refractivity (Wildman–Crippen MR) is 61.2 cm³/mol. The Morgan fingerprint density at radius 3 is 2.72 bits per heavy atom. The summed E-state index contributed by atoms with van der Waals surface area (Å²) in [7, 11) is -3.32. The van der Waals surface area contributed by atoms with Gasteiger partial charge in [0.05, 0.1) is 23.1 Å². The SMILES string of the molecule is O=C(O)C1(Cc2cncc(F)c2)CCS(=O)(=O)C1. The zero-order valence-corrected chi connectivity index (χ0v) is 10.3. The zero-order valence-electron chi connectivity index (χ0n) is 9.47. The molecule has 1 atom stereocenters. The van der Waals surface area contributed by atoms with E-state index in [0.29, 0.717) is 5.56 Å². The van der Waals surface area contributed by atoms with Gasteiger partial charge in [0, 0.05) is 6.20 Å². The highest BCUT2D eigenvalue weighted by atomic mass is 32.2. The number of carbonyl (C=O) groups is 1. The smallest absolute Gasteiger partial charge is 0.311 e. The summed E-state index contributed by atoms with van der Waals surface area (Å²) in [6.45, 7) is 0. The Balaban J connectivity index is 2.31. The van der Waals surface area contributed by atoms with E-state index in [1.54, 1.807) is 0 Å². The van der Waals surface area contributed by atoms with Crippen LogP contribution in [-0.4, -0.2) is 36.0 Å². The average molecular weight is 273 g/mol. The van der Waals surface area contributed by atoms with Gasteiger partial charge in [-0.2, -0.15) is 0 Å². The van der Waals surface area contributed by atoms with Gasteiger partial charge in [-0.1, -0.05) is 0 Å². The van der Waals surface area contributed by atoms with Crippen molar-refractivity contribution >= 4 is 15.8 Å². The molecule has 1 N–H and O–H groups in total. The Bertz CT molecular complexity index is 586. The first-order valence-electron chi connectivity index (χ1n) is 5.36. The number of nitrogens with zero attached hydrogens (tertiary/aromatic N) is 1. The number of rotatable bonds is 3. The highest BCUT2D eigenvalue weighted by Gasteiger charge is 2.48. The second-order valence-electron chi connectivity index (χ2n) is 4.62. The molecule has 18 heavy (non-hydrogen) atoms. The van der Waals surface area contributed by atoms with Crippen molar-refractivity contribution in [2.75, 3.05) is 11.5 Å². The number of carboxylic acids is 1. The minimum absolute atomic E-state index is 0.0215. The van der Waals surface area contributed by atoms with E-state index in [1.807, 2.05) is 0 Å². The second kappa shape index (κ2) is 4.31. The molecule has 0 amide bonds. The fourth-order valence-corrected chi connectivity index (χ4v) is 4.30. The zero-order chi connectivity index (χ0) is 13.4. The third kappa shape index (κ3) is 2.50. The molecule has 98 valence electrons. The molecule has 1 aliphatic rings. The standard InChI is InChI=1S/C11H12FNO4S/c12-9-3-8(5-13-6-9)4-11(10(14)15)1-2-18(16,17)7-11/h3,5-6H,1-2,4,7H2,(H,14,15). The first-order chi connectivity index (χ1) is 8.33. The number of carboxylic acid groups (broad SMARTS) is 1. The van der Waals surface area contributed by atoms with Crippen LogP contribution in [0.25, 0.3) is 0 Å². The molecule has 2 heterocycles. The van der Waals surface area contributed by atoms with Gasteiger partial charge in [0.1, 0.15) is 5.82 Å². The van der Waals surface area contributed by atoms with Crippen LogP contribution in [-0.2, 0) is 21.1 Å². The predicted octanol–water partition coefficient (Wildman–Crippen LogP) is 0.653. The maximum Gasteiger partial charge on any atom is 0.311 e. The monoisotopic (exact) mass is 273 g/mol. The number of hydrogen-bond acceptors (Lipinski definition) is 4. The molecule has 1 unspecified atom stereocenters. The molecule has 0 radical (unpaired) electrons. The Morgan fingerprint density at radius 2 is 2.22 bits per heavy atom. The maximum absolute atomic E-state index is 13.0. The average Bonchev–Trinajstić information content (AvgIpc) is 2.55. The van der Waals surface area contributed by atoms with Crippen LogP contribution < -0.4 is 0 Å². The normalized spacial score (nSPS) is 26.1. The summed E-state index contributed by atoms with van der Waals surface area (Å²) in [5, 5.41) is 9.25. The Morgan fingerprint density at radius 1 is 1.50 bits per heavy atom. The molecular formula is C11H12FNO4S. The lowest BCUT2D eigenvalue weighted by Crippen LogP contribution is -2.34. The summed E-state index contributed by atoms with van der Waals surface area (Å²) in [6.07, 6.45) is 2.41. The van der Waals surface area contributed by atoms with Crippen LogP contribution in [0.4, 0.5) is 4.39 Å². The van der Waals surface area contributed by atoms with E-state index >= 15 is 0 Å². The van der Waals surface area contributed by atoms with Crippen LogP contribution in [0.1, 0.15) is 12.0 Å². The molecule has 0 aliphatic carbocycles. The van der Waals surface area contributed by atoms with Gasteiger partial charge < -0.3 is 5.11 Å². The van der Waals surface area contributed by atoms with Crippen molar-refractivity contribution in [3.63, 3.8) is 0 Å². The van der Waals surface area contributed by atoms with Crippen LogP contribution in [0, 0.1) is 11.2 Å². The molecule has 1 aliphatic heterocycles. The summed E-state index contributed by atoms with van der Waals surface area (Å²) in [5.41, 5.74) is -0.955. The first-order valence-corrected chi connectivity index (χ1v) is 7.18. The molecule has 1 aromatic heterocycles. The Labute approximate surface area is 104 Å². The van der Waals surface area contributed by atoms with E-state index in [4.69, 9.17) is 0 Å². The lowest BCUT2D eigenvalue weighted by atomic mass is 9.82. The summed E-state index contributed by atoms with van der Waals surface area (Å²) >= 11 is 0. The van der Waals surface area contributed by atoms with E-state index in [1.165, 1.54) is 12.3 Å². The van der Waals surface area contributed by atoms with E-state index < -0.39 is 32.8 Å². The molecule has 0 spiro atoms. The highest BCUT2D eigenvalue weighted by molar-refractivity contribution is 7.91. The molecule has 0 aromatic carbocycles. The van der Waals surface area contributed by atoms with E-state index in [9.17, 15) is 22.7 Å². The van der Waals surface area contributed by atoms with Crippen molar-refractivity contribution in [1.29, 1.82) is 0 Å². The number of hydrogen-bond donors (Lipinski definition) is 1. The van der Waals surface area contributed by atoms with Gasteiger partial charge in [0.2, 0.25) is 0 Å². The maximum atomic E-state index is 13.0. The molecule has 7 heteroatoms. The molecule has 1 aromatic rings. The number of pyridine rings is 1. The van der Waals surface area contributed by atoms with E-state index in [-0.39, 0.29) is 18.6 Å². The lowest BCUT2D eigenvalue weighted by Gasteiger charge is -2.22. The molecule has 0 saturated carbocycles. The fraction of sp³-hybridized carbons (Fsp3) is 0.455. The van der Waals surface area contributed by atoms with Crippen molar-refractivity contribution < 1.29 is 22.7 Å². The largest absolute Gasteiger partial charge is 0.481 e. The van der Waals surface area contributed by atoms with Gasteiger partial charge in [0.25, 0.3) is 0 Å². The third-order valence-electron chi connectivity index (χ3n) is 3.15. The Kier molecular flexibility index (Phi) is 3.10. The number of aliphatic carboxylic acids is 1. The van der Waals surface area contributed by atoms with Crippen molar-refractivity contribution in [2.45, 2.75) is 12.8 Å². The van der Waals surface area contributed by atoms with Crippen molar-refractivity contribution in [2.24, 2.45) is 5.41 Å². The van der Waals surface area contributed by atoms with Crippen LogP contribution in [0.5, 0.6) is 0 Å². The van der Waals surface area contributed by atoms with Crippen LogP contribution in [0.15, 0.2) is 18.5 Å². The van der Waals surface area contributed by atoms with E-state index in [0.717, 1.165) is 6.20 Å². The Hall–Kier alpha value is -1.50. The first kappa shape index (κ1) is 12.9. The van der Waals surface area contributed by atoms with Crippen molar-refractivity contribution in [1.82, 2.24) is 4.98 Å². The van der Waals surface area contributed by atoms with Gasteiger partial charge in [-0.3, -0.25) is 9.78 Å². The lowest BCUT2D eigenvalue weighted by molar-refractivity contribution is -0.147. The minimum atomic E-state index is -3.32. The molecule has 2 rings (SSSR count). The summed E-state index contributed by atoms with van der Waals surface area (Å²) in [5.74, 6) is -2.25. The summed E-state index contributed by atoms with van der Waals surface area (Å²) in [6, 6.07) is 1.18. The van der Waals surface area contributed by atoms with Crippen molar-refractivity contribution in [3.05, 3.63) is 29.8 Å². The van der Waals surface area contributed by atoms with Crippen LogP contribution in [0.2, 0.25) is 0 Å². The van der Waals surface area contributed by atoms with Crippen LogP contribution >= 0.6 is 0 Å². The number of aromatic nitrogens is 1. The van der Waals surface area contributed by atoms with Gasteiger partial charge >= 0.3 is 5.97 Å². The van der Waals surface area contributed by atoms with Crippen molar-refractivity contribution in [3.8, 4) is 0 Å². The quantitative estimate of drug-likeness (QED) is 0.874. The summed E-state index contributed by atoms with van der Waals surface area (Å²) < 4.78 is 35.9. The van der Waals surface area contributed by atoms with Gasteiger partial charge in [-0.25, -0.2) is 12.8 Å². The third-order valence-corrected chi connectivity index (χ3v) is 4.96. The molecule has 1 saturated heterocycles. The number of halogens is 1.